The molecule has 2 nitrogen and oxygen atoms in total. The summed E-state index contributed by atoms with van der Waals surface area (Å²) >= 11 is 0. The van der Waals surface area contributed by atoms with Crippen molar-refractivity contribution in [3.05, 3.63) is 29.1 Å². The van der Waals surface area contributed by atoms with E-state index in [1.807, 2.05) is 27.7 Å². The number of hydrogen-bond donors (Lipinski definition) is 2. The summed E-state index contributed by atoms with van der Waals surface area (Å²) in [5.41, 5.74) is -2.20. The van der Waals surface area contributed by atoms with Gasteiger partial charge in [-0.25, -0.2) is 22.0 Å². The molecule has 1 rings (SSSR count). The van der Waals surface area contributed by atoms with Gasteiger partial charge in [0.05, 0.1) is 5.60 Å². The standard InChI is InChI=1S/C23H36F5NO/c1-6-7-8-9-10-11-12-16(23(30,14(2)3)15(4)5)13-29-22-20(27)18(25)17(24)19(26)21(22)28/h14-16,29-30H,6-13H2,1-5H3. The normalized spacial score (nSPS) is 13.4. The molecule has 0 amide bonds. The number of aliphatic hydroxyl groups is 1. The number of unbranched alkanes of at least 4 members (excludes halogenated alkanes) is 5. The third-order valence-electron chi connectivity index (χ3n) is 6.14. The predicted octanol–water partition coefficient (Wildman–Crippen LogP) is 7.20. The average Bonchev–Trinajstić information content (AvgIpc) is 2.70. The van der Waals surface area contributed by atoms with Gasteiger partial charge in [-0.15, -0.1) is 0 Å². The lowest BCUT2D eigenvalue weighted by Crippen LogP contribution is -2.50. The van der Waals surface area contributed by atoms with Crippen LogP contribution in [0.3, 0.4) is 0 Å². The van der Waals surface area contributed by atoms with Crippen LogP contribution in [0, 0.1) is 46.8 Å². The minimum atomic E-state index is -2.18. The molecule has 2 N–H and O–H groups in total. The van der Waals surface area contributed by atoms with Crippen molar-refractivity contribution in [3.8, 4) is 0 Å². The topological polar surface area (TPSA) is 32.3 Å². The van der Waals surface area contributed by atoms with Crippen LogP contribution in [-0.4, -0.2) is 17.3 Å². The minimum Gasteiger partial charge on any atom is -0.389 e. The molecule has 0 aliphatic heterocycles. The largest absolute Gasteiger partial charge is 0.389 e. The number of hydrogen-bond acceptors (Lipinski definition) is 2. The Labute approximate surface area is 177 Å². The van der Waals surface area contributed by atoms with Crippen LogP contribution in [0.4, 0.5) is 27.6 Å². The first kappa shape index (κ1) is 26.7. The van der Waals surface area contributed by atoms with Gasteiger partial charge in [-0.3, -0.25) is 0 Å². The Morgan fingerprint density at radius 1 is 0.733 bits per heavy atom. The molecule has 0 aromatic heterocycles. The van der Waals surface area contributed by atoms with Gasteiger partial charge < -0.3 is 10.4 Å². The van der Waals surface area contributed by atoms with Gasteiger partial charge in [-0.1, -0.05) is 73.1 Å². The second-order valence-electron chi connectivity index (χ2n) is 8.78. The van der Waals surface area contributed by atoms with Gasteiger partial charge in [-0.2, -0.15) is 0 Å². The summed E-state index contributed by atoms with van der Waals surface area (Å²) in [5.74, 6) is -10.6. The SMILES string of the molecule is CCCCCCCCC(CNc1c(F)c(F)c(F)c(F)c1F)C(O)(C(C)C)C(C)C. The Balaban J connectivity index is 3.04. The van der Waals surface area contributed by atoms with E-state index in [-0.39, 0.29) is 18.4 Å². The highest BCUT2D eigenvalue weighted by Gasteiger charge is 2.42. The van der Waals surface area contributed by atoms with Gasteiger partial charge >= 0.3 is 0 Å². The lowest BCUT2D eigenvalue weighted by Gasteiger charge is -2.43. The molecule has 1 unspecified atom stereocenters. The molecule has 0 saturated carbocycles. The zero-order valence-electron chi connectivity index (χ0n) is 18.7. The highest BCUT2D eigenvalue weighted by molar-refractivity contribution is 5.47. The van der Waals surface area contributed by atoms with E-state index in [9.17, 15) is 27.1 Å². The molecule has 1 aromatic rings. The van der Waals surface area contributed by atoms with Crippen molar-refractivity contribution in [1.29, 1.82) is 0 Å². The molecule has 1 aromatic carbocycles. The van der Waals surface area contributed by atoms with Crippen molar-refractivity contribution in [2.75, 3.05) is 11.9 Å². The zero-order chi connectivity index (χ0) is 23.1. The van der Waals surface area contributed by atoms with Gasteiger partial charge in [0.15, 0.2) is 23.3 Å². The highest BCUT2D eigenvalue weighted by Crippen LogP contribution is 2.38. The highest BCUT2D eigenvalue weighted by atomic mass is 19.2. The fourth-order valence-corrected chi connectivity index (χ4v) is 4.26. The molecule has 0 bridgehead atoms. The molecule has 0 aliphatic rings. The van der Waals surface area contributed by atoms with Crippen LogP contribution in [0.1, 0.15) is 79.6 Å². The summed E-state index contributed by atoms with van der Waals surface area (Å²) in [6.07, 6.45) is 6.85. The molecule has 7 heteroatoms. The summed E-state index contributed by atoms with van der Waals surface area (Å²) in [7, 11) is 0. The van der Waals surface area contributed by atoms with Crippen LogP contribution in [0.25, 0.3) is 0 Å². The number of anilines is 1. The quantitative estimate of drug-likeness (QED) is 0.148. The Morgan fingerprint density at radius 3 is 1.63 bits per heavy atom. The number of rotatable bonds is 13. The zero-order valence-corrected chi connectivity index (χ0v) is 18.7. The van der Waals surface area contributed by atoms with Crippen molar-refractivity contribution in [3.63, 3.8) is 0 Å². The van der Waals surface area contributed by atoms with Crippen molar-refractivity contribution < 1.29 is 27.1 Å². The van der Waals surface area contributed by atoms with E-state index in [0.717, 1.165) is 38.5 Å². The van der Waals surface area contributed by atoms with E-state index >= 15 is 0 Å². The Morgan fingerprint density at radius 2 is 1.17 bits per heavy atom. The number of halogens is 5. The summed E-state index contributed by atoms with van der Waals surface area (Å²) in [6, 6.07) is 0. The van der Waals surface area contributed by atoms with Crippen LogP contribution >= 0.6 is 0 Å². The molecular weight excluding hydrogens is 401 g/mol. The van der Waals surface area contributed by atoms with Crippen LogP contribution in [0.5, 0.6) is 0 Å². The first-order chi connectivity index (χ1) is 14.0. The van der Waals surface area contributed by atoms with Crippen LogP contribution < -0.4 is 5.32 Å². The van der Waals surface area contributed by atoms with Crippen LogP contribution in [-0.2, 0) is 0 Å². The monoisotopic (exact) mass is 437 g/mol. The molecule has 0 saturated heterocycles. The number of benzene rings is 1. The molecule has 174 valence electrons. The van der Waals surface area contributed by atoms with Crippen molar-refractivity contribution in [2.24, 2.45) is 17.8 Å². The summed E-state index contributed by atoms with van der Waals surface area (Å²) in [5, 5.41) is 13.8. The van der Waals surface area contributed by atoms with Gasteiger partial charge in [0, 0.05) is 12.5 Å². The van der Waals surface area contributed by atoms with Crippen LogP contribution in [0.2, 0.25) is 0 Å². The summed E-state index contributed by atoms with van der Waals surface area (Å²) < 4.78 is 68.4. The fourth-order valence-electron chi connectivity index (χ4n) is 4.26. The lowest BCUT2D eigenvalue weighted by atomic mass is 9.69. The Kier molecular flexibility index (Phi) is 10.5. The maximum Gasteiger partial charge on any atom is 0.200 e. The van der Waals surface area contributed by atoms with E-state index in [0.29, 0.717) is 6.42 Å². The van der Waals surface area contributed by atoms with Crippen LogP contribution in [0.15, 0.2) is 0 Å². The maximum absolute atomic E-state index is 14.0. The maximum atomic E-state index is 14.0. The molecule has 1 atom stereocenters. The smallest absolute Gasteiger partial charge is 0.200 e. The lowest BCUT2D eigenvalue weighted by molar-refractivity contribution is -0.0948. The summed E-state index contributed by atoms with van der Waals surface area (Å²) in [6.45, 7) is 9.51. The molecule has 0 fully saturated rings. The van der Waals surface area contributed by atoms with Crippen molar-refractivity contribution in [2.45, 2.75) is 85.2 Å². The molecule has 0 spiro atoms. The average molecular weight is 438 g/mol. The van der Waals surface area contributed by atoms with E-state index in [4.69, 9.17) is 0 Å². The second kappa shape index (κ2) is 11.9. The first-order valence-corrected chi connectivity index (χ1v) is 11.0. The van der Waals surface area contributed by atoms with Gasteiger partial charge in [0.2, 0.25) is 5.82 Å². The third-order valence-corrected chi connectivity index (χ3v) is 6.14. The molecule has 30 heavy (non-hydrogen) atoms. The Bertz CT molecular complexity index is 641. The third kappa shape index (κ3) is 6.08. The van der Waals surface area contributed by atoms with E-state index in [2.05, 4.69) is 12.2 Å². The van der Waals surface area contributed by atoms with Crippen molar-refractivity contribution in [1.82, 2.24) is 0 Å². The van der Waals surface area contributed by atoms with Crippen molar-refractivity contribution >= 4 is 5.69 Å². The second-order valence-corrected chi connectivity index (χ2v) is 8.78. The first-order valence-electron chi connectivity index (χ1n) is 11.0. The molecule has 0 heterocycles. The molecular formula is C23H36F5NO. The molecule has 0 radical (unpaired) electrons. The Hall–Kier alpha value is -1.37. The van der Waals surface area contributed by atoms with Gasteiger partial charge in [0.1, 0.15) is 5.69 Å². The molecule has 0 aliphatic carbocycles. The van der Waals surface area contributed by atoms with Gasteiger partial charge in [-0.05, 0) is 18.3 Å². The summed E-state index contributed by atoms with van der Waals surface area (Å²) in [4.78, 5) is 0. The fraction of sp³-hybridized carbons (Fsp3) is 0.739. The van der Waals surface area contributed by atoms with E-state index in [1.54, 1.807) is 0 Å². The number of nitrogens with one attached hydrogen (secondary N) is 1. The van der Waals surface area contributed by atoms with E-state index < -0.39 is 46.3 Å². The van der Waals surface area contributed by atoms with Gasteiger partial charge in [0.25, 0.3) is 0 Å². The van der Waals surface area contributed by atoms with E-state index in [1.165, 1.54) is 0 Å². The minimum absolute atomic E-state index is 0.0971. The predicted molar refractivity (Wildman–Crippen MR) is 111 cm³/mol.